The number of aliphatic hydroxyl groups excluding tert-OH is 1. The summed E-state index contributed by atoms with van der Waals surface area (Å²) in [5.41, 5.74) is 0.416. The molecule has 1 aromatic heterocycles. The monoisotopic (exact) mass is 422 g/mol. The Balaban J connectivity index is 0.00000101. The van der Waals surface area contributed by atoms with Crippen LogP contribution in [-0.2, 0) is 9.59 Å². The summed E-state index contributed by atoms with van der Waals surface area (Å²) in [5, 5.41) is 20.1. The fourth-order valence-corrected chi connectivity index (χ4v) is 3.81. The van der Waals surface area contributed by atoms with Gasteiger partial charge in [-0.25, -0.2) is 4.98 Å². The molecule has 0 spiro atoms. The molecule has 1 aliphatic carbocycles. The highest BCUT2D eigenvalue weighted by Gasteiger charge is 2.39. The fourth-order valence-electron chi connectivity index (χ4n) is 3.81. The van der Waals surface area contributed by atoms with Crippen molar-refractivity contribution >= 4 is 18.3 Å². The second-order valence-corrected chi connectivity index (χ2v) is 7.49. The molecule has 30 heavy (non-hydrogen) atoms. The molecular formula is C20H30N4O6. The van der Waals surface area contributed by atoms with E-state index in [1.54, 1.807) is 12.1 Å². The van der Waals surface area contributed by atoms with E-state index in [1.807, 2.05) is 4.90 Å². The Bertz CT molecular complexity index is 731. The molecule has 1 saturated carbocycles. The van der Waals surface area contributed by atoms with E-state index in [0.29, 0.717) is 24.3 Å². The van der Waals surface area contributed by atoms with E-state index in [1.165, 1.54) is 13.3 Å². The Labute approximate surface area is 175 Å². The van der Waals surface area contributed by atoms with Gasteiger partial charge in [-0.05, 0) is 38.9 Å². The molecular weight excluding hydrogens is 392 g/mol. The van der Waals surface area contributed by atoms with Crippen LogP contribution < -0.4 is 10.1 Å². The molecule has 0 unspecified atom stereocenters. The molecule has 0 radical (unpaired) electrons. The van der Waals surface area contributed by atoms with Crippen LogP contribution in [-0.4, -0.2) is 95.8 Å². The number of aromatic nitrogens is 1. The molecule has 10 nitrogen and oxygen atoms in total. The maximum Gasteiger partial charge on any atom is 0.290 e. The van der Waals surface area contributed by atoms with Crippen molar-refractivity contribution in [2.45, 2.75) is 31.4 Å². The molecule has 0 aromatic carbocycles. The number of nitrogens with zero attached hydrogens (tertiary/aromatic N) is 3. The topological polar surface area (TPSA) is 132 Å². The predicted molar refractivity (Wildman–Crippen MR) is 108 cm³/mol. The Morgan fingerprint density at radius 2 is 2.00 bits per heavy atom. The number of carboxylic acid groups (broad SMARTS) is 1. The highest BCUT2D eigenvalue weighted by atomic mass is 16.5. The van der Waals surface area contributed by atoms with Crippen LogP contribution in [0.5, 0.6) is 5.88 Å². The smallest absolute Gasteiger partial charge is 0.290 e. The van der Waals surface area contributed by atoms with Gasteiger partial charge in [0.05, 0.1) is 19.3 Å². The van der Waals surface area contributed by atoms with Crippen molar-refractivity contribution in [1.82, 2.24) is 20.1 Å². The Kier molecular flexibility index (Phi) is 9.00. The van der Waals surface area contributed by atoms with Gasteiger partial charge in [0, 0.05) is 43.4 Å². The molecule has 3 atom stereocenters. The average molecular weight is 422 g/mol. The molecule has 3 rings (SSSR count). The second kappa shape index (κ2) is 11.5. The molecule has 10 heteroatoms. The first kappa shape index (κ1) is 23.6. The quantitative estimate of drug-likeness (QED) is 0.570. The summed E-state index contributed by atoms with van der Waals surface area (Å²) < 4.78 is 5.04. The SMILES string of the molecule is COc1cc(C(=O)N[C@H]2C[C@H](C(=O)N3CCCN(C)CC3)C[C@@H]2O)ccn1.O=CO. The van der Waals surface area contributed by atoms with Crippen LogP contribution in [0.4, 0.5) is 0 Å². The number of rotatable bonds is 4. The van der Waals surface area contributed by atoms with Gasteiger partial charge in [-0.2, -0.15) is 0 Å². The number of hydrogen-bond acceptors (Lipinski definition) is 7. The van der Waals surface area contributed by atoms with Crippen molar-refractivity contribution in [3.05, 3.63) is 23.9 Å². The maximum atomic E-state index is 12.8. The molecule has 1 aliphatic heterocycles. The Morgan fingerprint density at radius 3 is 2.70 bits per heavy atom. The van der Waals surface area contributed by atoms with Crippen LogP contribution in [0, 0.1) is 5.92 Å². The van der Waals surface area contributed by atoms with E-state index in [2.05, 4.69) is 22.2 Å². The van der Waals surface area contributed by atoms with E-state index in [9.17, 15) is 14.7 Å². The Hall–Kier alpha value is -2.72. The lowest BCUT2D eigenvalue weighted by atomic mass is 10.1. The summed E-state index contributed by atoms with van der Waals surface area (Å²) in [7, 11) is 3.55. The lowest BCUT2D eigenvalue weighted by Crippen LogP contribution is -2.40. The van der Waals surface area contributed by atoms with E-state index in [0.717, 1.165) is 32.6 Å². The summed E-state index contributed by atoms with van der Waals surface area (Å²) in [6.07, 6.45) is 2.58. The molecule has 0 bridgehead atoms. The molecule has 166 valence electrons. The standard InChI is InChI=1S/C19H28N4O4.CH2O2/c1-22-6-3-7-23(9-8-22)19(26)14-10-15(16(24)11-14)21-18(25)13-4-5-20-17(12-13)27-2;2-1-3/h4-5,12,14-16,24H,3,6-11H2,1-2H3,(H,21,25);1H,(H,2,3)/t14-,15-,16-;/m0./s1. The zero-order valence-electron chi connectivity index (χ0n) is 17.4. The van der Waals surface area contributed by atoms with Gasteiger partial charge in [0.15, 0.2) is 0 Å². The van der Waals surface area contributed by atoms with Crippen LogP contribution in [0.25, 0.3) is 0 Å². The van der Waals surface area contributed by atoms with E-state index in [-0.39, 0.29) is 24.2 Å². The minimum atomic E-state index is -0.721. The van der Waals surface area contributed by atoms with Crippen LogP contribution >= 0.6 is 0 Å². The summed E-state index contributed by atoms with van der Waals surface area (Å²) in [6, 6.07) is 2.71. The van der Waals surface area contributed by atoms with Gasteiger partial charge in [0.1, 0.15) is 0 Å². The highest BCUT2D eigenvalue weighted by Crippen LogP contribution is 2.28. The molecule has 1 aromatic rings. The van der Waals surface area contributed by atoms with Crippen LogP contribution in [0.15, 0.2) is 18.3 Å². The van der Waals surface area contributed by atoms with Crippen LogP contribution in [0.2, 0.25) is 0 Å². The highest BCUT2D eigenvalue weighted by molar-refractivity contribution is 5.94. The van der Waals surface area contributed by atoms with Gasteiger partial charge in [-0.15, -0.1) is 0 Å². The van der Waals surface area contributed by atoms with Crippen molar-refractivity contribution < 1.29 is 29.3 Å². The molecule has 3 N–H and O–H groups in total. The van der Waals surface area contributed by atoms with Gasteiger partial charge in [-0.3, -0.25) is 14.4 Å². The van der Waals surface area contributed by atoms with Crippen molar-refractivity contribution in [3.63, 3.8) is 0 Å². The van der Waals surface area contributed by atoms with Crippen LogP contribution in [0.1, 0.15) is 29.6 Å². The summed E-state index contributed by atoms with van der Waals surface area (Å²) in [6.45, 7) is 3.08. The largest absolute Gasteiger partial charge is 0.483 e. The van der Waals surface area contributed by atoms with Gasteiger partial charge < -0.3 is 30.1 Å². The number of carbonyl (C=O) groups is 3. The summed E-state index contributed by atoms with van der Waals surface area (Å²) in [5.74, 6) is -0.106. The van der Waals surface area contributed by atoms with Crippen molar-refractivity contribution in [2.75, 3.05) is 40.3 Å². The minimum absolute atomic E-state index is 0.0895. The summed E-state index contributed by atoms with van der Waals surface area (Å²) >= 11 is 0. The molecule has 2 amide bonds. The molecule has 1 saturated heterocycles. The third kappa shape index (κ3) is 6.39. The van der Waals surface area contributed by atoms with Crippen LogP contribution in [0.3, 0.4) is 0 Å². The molecule has 2 fully saturated rings. The maximum absolute atomic E-state index is 12.8. The molecule has 2 aliphatic rings. The van der Waals surface area contributed by atoms with Crippen molar-refractivity contribution in [1.29, 1.82) is 0 Å². The zero-order chi connectivity index (χ0) is 22.1. The number of pyridine rings is 1. The first-order chi connectivity index (χ1) is 14.4. The number of methoxy groups -OCH3 is 1. The normalized spacial score (nSPS) is 24.2. The fraction of sp³-hybridized carbons (Fsp3) is 0.600. The lowest BCUT2D eigenvalue weighted by Gasteiger charge is -2.24. The number of carbonyl (C=O) groups excluding carboxylic acids is 2. The zero-order valence-corrected chi connectivity index (χ0v) is 17.4. The number of aliphatic hydroxyl groups is 1. The van der Waals surface area contributed by atoms with Gasteiger partial charge >= 0.3 is 0 Å². The van der Waals surface area contributed by atoms with Crippen molar-refractivity contribution in [3.8, 4) is 5.88 Å². The Morgan fingerprint density at radius 1 is 1.27 bits per heavy atom. The van der Waals surface area contributed by atoms with Gasteiger partial charge in [0.2, 0.25) is 11.8 Å². The number of nitrogens with one attached hydrogen (secondary N) is 1. The van der Waals surface area contributed by atoms with E-state index < -0.39 is 12.1 Å². The van der Waals surface area contributed by atoms with E-state index >= 15 is 0 Å². The first-order valence-corrected chi connectivity index (χ1v) is 9.93. The first-order valence-electron chi connectivity index (χ1n) is 9.93. The predicted octanol–water partition coefficient (Wildman–Crippen LogP) is -0.176. The third-order valence-corrected chi connectivity index (χ3v) is 5.43. The van der Waals surface area contributed by atoms with E-state index in [4.69, 9.17) is 14.6 Å². The number of ether oxygens (including phenoxy) is 1. The number of amides is 2. The van der Waals surface area contributed by atoms with Crippen molar-refractivity contribution in [2.24, 2.45) is 5.92 Å². The van der Waals surface area contributed by atoms with Gasteiger partial charge in [-0.1, -0.05) is 0 Å². The van der Waals surface area contributed by atoms with Gasteiger partial charge in [0.25, 0.3) is 12.4 Å². The number of hydrogen-bond donors (Lipinski definition) is 3. The average Bonchev–Trinajstić information content (AvgIpc) is 2.95. The number of likely N-dealkylation sites (N-methyl/N-ethyl adjacent to an activating group) is 1. The second-order valence-electron chi connectivity index (χ2n) is 7.49. The summed E-state index contributed by atoms with van der Waals surface area (Å²) in [4.78, 5) is 41.8. The third-order valence-electron chi connectivity index (χ3n) is 5.43. The minimum Gasteiger partial charge on any atom is -0.483 e. The molecule has 2 heterocycles. The lowest BCUT2D eigenvalue weighted by molar-refractivity contribution is -0.135.